The minimum atomic E-state index is -0.0895. The Bertz CT molecular complexity index is 324. The van der Waals surface area contributed by atoms with E-state index in [1.54, 1.807) is 0 Å². The molecular formula is C9H17N5S. The highest BCUT2D eigenvalue weighted by molar-refractivity contribution is 7.99. The van der Waals surface area contributed by atoms with E-state index in [1.807, 2.05) is 23.4 Å². The Balaban J connectivity index is 2.13. The molecule has 2 rings (SSSR count). The lowest BCUT2D eigenvalue weighted by Crippen LogP contribution is -2.18. The van der Waals surface area contributed by atoms with Crippen LogP contribution in [-0.4, -0.2) is 31.7 Å². The molecule has 0 spiro atoms. The maximum absolute atomic E-state index is 5.83. The first-order chi connectivity index (χ1) is 7.22. The number of tetrazole rings is 1. The highest BCUT2D eigenvalue weighted by atomic mass is 32.2. The molecule has 0 amide bonds. The number of hydrogen-bond donors (Lipinski definition) is 1. The molecule has 0 aromatic carbocycles. The van der Waals surface area contributed by atoms with Crippen LogP contribution in [0, 0.1) is 0 Å². The van der Waals surface area contributed by atoms with Gasteiger partial charge in [-0.2, -0.15) is 11.8 Å². The van der Waals surface area contributed by atoms with Crippen LogP contribution in [0.4, 0.5) is 0 Å². The van der Waals surface area contributed by atoms with Gasteiger partial charge in [-0.15, -0.1) is 5.10 Å². The molecule has 0 radical (unpaired) electrons. The smallest absolute Gasteiger partial charge is 0.167 e. The molecule has 3 atom stereocenters. The van der Waals surface area contributed by atoms with Crippen LogP contribution < -0.4 is 5.73 Å². The van der Waals surface area contributed by atoms with Gasteiger partial charge < -0.3 is 5.73 Å². The maximum Gasteiger partial charge on any atom is 0.167 e. The van der Waals surface area contributed by atoms with Crippen molar-refractivity contribution in [3.63, 3.8) is 0 Å². The summed E-state index contributed by atoms with van der Waals surface area (Å²) in [6, 6.07) is 0.353. The monoisotopic (exact) mass is 227 g/mol. The molecule has 6 heteroatoms. The SMILES string of the molecule is CSC1CCC(n2nnnc2C(C)N)C1. The van der Waals surface area contributed by atoms with Crippen LogP contribution in [-0.2, 0) is 0 Å². The van der Waals surface area contributed by atoms with Gasteiger partial charge in [0.05, 0.1) is 12.1 Å². The van der Waals surface area contributed by atoms with E-state index in [9.17, 15) is 0 Å². The predicted octanol–water partition coefficient (Wildman–Crippen LogP) is 1.15. The molecule has 1 aliphatic rings. The van der Waals surface area contributed by atoms with E-state index in [0.29, 0.717) is 6.04 Å². The summed E-state index contributed by atoms with van der Waals surface area (Å²) in [6.45, 7) is 1.92. The predicted molar refractivity (Wildman–Crippen MR) is 60.6 cm³/mol. The second-order valence-electron chi connectivity index (χ2n) is 4.09. The number of aromatic nitrogens is 4. The lowest BCUT2D eigenvalue weighted by atomic mass is 10.2. The molecule has 0 aliphatic heterocycles. The topological polar surface area (TPSA) is 69.6 Å². The van der Waals surface area contributed by atoms with E-state index >= 15 is 0 Å². The summed E-state index contributed by atoms with van der Waals surface area (Å²) in [7, 11) is 0. The number of nitrogens with zero attached hydrogens (tertiary/aromatic N) is 4. The second-order valence-corrected chi connectivity index (χ2v) is 5.23. The summed E-state index contributed by atoms with van der Waals surface area (Å²) in [5.41, 5.74) is 5.83. The van der Waals surface area contributed by atoms with Crippen molar-refractivity contribution in [1.82, 2.24) is 20.2 Å². The van der Waals surface area contributed by atoms with E-state index < -0.39 is 0 Å². The van der Waals surface area contributed by atoms with Gasteiger partial charge >= 0.3 is 0 Å². The summed E-state index contributed by atoms with van der Waals surface area (Å²) in [5.74, 6) is 0.807. The van der Waals surface area contributed by atoms with Crippen LogP contribution >= 0.6 is 11.8 Å². The van der Waals surface area contributed by atoms with Crippen LogP contribution in [0.2, 0.25) is 0 Å². The molecule has 1 aromatic rings. The number of hydrogen-bond acceptors (Lipinski definition) is 5. The molecule has 5 nitrogen and oxygen atoms in total. The Morgan fingerprint density at radius 1 is 1.53 bits per heavy atom. The van der Waals surface area contributed by atoms with Gasteiger partial charge in [0.1, 0.15) is 0 Å². The Labute approximate surface area is 93.8 Å². The molecule has 1 fully saturated rings. The molecule has 1 aliphatic carbocycles. The first-order valence-electron chi connectivity index (χ1n) is 5.28. The summed E-state index contributed by atoms with van der Waals surface area (Å²) < 4.78 is 1.92. The van der Waals surface area contributed by atoms with E-state index in [0.717, 1.165) is 23.9 Å². The maximum atomic E-state index is 5.83. The molecule has 1 aromatic heterocycles. The molecule has 1 heterocycles. The standard InChI is InChI=1S/C9H17N5S/c1-6(10)9-11-12-13-14(9)7-3-4-8(5-7)15-2/h6-8H,3-5,10H2,1-2H3. The van der Waals surface area contributed by atoms with Crippen molar-refractivity contribution in [3.05, 3.63) is 5.82 Å². The van der Waals surface area contributed by atoms with Crippen molar-refractivity contribution in [1.29, 1.82) is 0 Å². The van der Waals surface area contributed by atoms with Gasteiger partial charge in [-0.3, -0.25) is 0 Å². The van der Waals surface area contributed by atoms with Gasteiger partial charge in [0.2, 0.25) is 0 Å². The van der Waals surface area contributed by atoms with Crippen molar-refractivity contribution < 1.29 is 0 Å². The zero-order valence-electron chi connectivity index (χ0n) is 9.13. The van der Waals surface area contributed by atoms with E-state index in [4.69, 9.17) is 5.73 Å². The van der Waals surface area contributed by atoms with Crippen LogP contribution in [0.1, 0.15) is 44.1 Å². The van der Waals surface area contributed by atoms with Crippen molar-refractivity contribution in [2.24, 2.45) is 5.73 Å². The molecule has 1 saturated carbocycles. The first-order valence-corrected chi connectivity index (χ1v) is 6.57. The molecule has 15 heavy (non-hydrogen) atoms. The van der Waals surface area contributed by atoms with E-state index in [-0.39, 0.29) is 6.04 Å². The van der Waals surface area contributed by atoms with Crippen LogP contribution in [0.25, 0.3) is 0 Å². The third-order valence-corrected chi connectivity index (χ3v) is 4.06. The van der Waals surface area contributed by atoms with Gasteiger partial charge in [0.25, 0.3) is 0 Å². The Morgan fingerprint density at radius 3 is 2.93 bits per heavy atom. The lowest BCUT2D eigenvalue weighted by Gasteiger charge is -2.13. The minimum Gasteiger partial charge on any atom is -0.322 e. The first kappa shape index (κ1) is 10.9. The zero-order valence-corrected chi connectivity index (χ0v) is 9.94. The average Bonchev–Trinajstić information content (AvgIpc) is 2.85. The second kappa shape index (κ2) is 4.49. The van der Waals surface area contributed by atoms with Gasteiger partial charge in [-0.25, -0.2) is 4.68 Å². The zero-order chi connectivity index (χ0) is 10.8. The fraction of sp³-hybridized carbons (Fsp3) is 0.889. The molecule has 2 N–H and O–H groups in total. The molecular weight excluding hydrogens is 210 g/mol. The van der Waals surface area contributed by atoms with Crippen molar-refractivity contribution in [2.75, 3.05) is 6.26 Å². The summed E-state index contributed by atoms with van der Waals surface area (Å²) in [6.07, 6.45) is 5.74. The van der Waals surface area contributed by atoms with Crippen molar-refractivity contribution in [3.8, 4) is 0 Å². The quantitative estimate of drug-likeness (QED) is 0.838. The fourth-order valence-corrected chi connectivity index (χ4v) is 2.90. The Hall–Kier alpha value is -0.620. The summed E-state index contributed by atoms with van der Waals surface area (Å²) in [4.78, 5) is 0. The average molecular weight is 227 g/mol. The third kappa shape index (κ3) is 2.15. The van der Waals surface area contributed by atoms with Gasteiger partial charge in [0.15, 0.2) is 5.82 Å². The Morgan fingerprint density at radius 2 is 2.33 bits per heavy atom. The van der Waals surface area contributed by atoms with Gasteiger partial charge in [-0.05, 0) is 42.9 Å². The highest BCUT2D eigenvalue weighted by Crippen LogP contribution is 2.36. The normalized spacial score (nSPS) is 28.2. The molecule has 84 valence electrons. The van der Waals surface area contributed by atoms with E-state index in [2.05, 4.69) is 21.8 Å². The minimum absolute atomic E-state index is 0.0895. The molecule has 0 bridgehead atoms. The molecule has 0 saturated heterocycles. The molecule has 3 unspecified atom stereocenters. The number of rotatable bonds is 3. The summed E-state index contributed by atoms with van der Waals surface area (Å²) >= 11 is 1.93. The number of nitrogens with two attached hydrogens (primary N) is 1. The lowest BCUT2D eigenvalue weighted by molar-refractivity contribution is 0.429. The third-order valence-electron chi connectivity index (χ3n) is 2.96. The summed E-state index contributed by atoms with van der Waals surface area (Å²) in [5, 5.41) is 12.5. The van der Waals surface area contributed by atoms with Crippen molar-refractivity contribution in [2.45, 2.75) is 43.5 Å². The van der Waals surface area contributed by atoms with Crippen LogP contribution in [0.5, 0.6) is 0 Å². The number of thioether (sulfide) groups is 1. The highest BCUT2D eigenvalue weighted by Gasteiger charge is 2.28. The van der Waals surface area contributed by atoms with Gasteiger partial charge in [0, 0.05) is 5.25 Å². The Kier molecular flexibility index (Phi) is 3.25. The van der Waals surface area contributed by atoms with Gasteiger partial charge in [-0.1, -0.05) is 0 Å². The van der Waals surface area contributed by atoms with Crippen LogP contribution in [0.15, 0.2) is 0 Å². The van der Waals surface area contributed by atoms with Crippen LogP contribution in [0.3, 0.4) is 0 Å². The van der Waals surface area contributed by atoms with E-state index in [1.165, 1.54) is 6.42 Å². The fourth-order valence-electron chi connectivity index (χ4n) is 2.11. The van der Waals surface area contributed by atoms with Crippen molar-refractivity contribution >= 4 is 11.8 Å². The largest absolute Gasteiger partial charge is 0.322 e.